The number of carbonyl (C=O) groups excluding carboxylic acids is 3. The van der Waals surface area contributed by atoms with Crippen molar-refractivity contribution in [1.29, 1.82) is 0 Å². The normalized spacial score (nSPS) is 12.7. The molecule has 1 unspecified atom stereocenters. The van der Waals surface area contributed by atoms with Gasteiger partial charge in [-0.2, -0.15) is 0 Å². The lowest BCUT2D eigenvalue weighted by atomic mass is 10.0. The Bertz CT molecular complexity index is 1610. The smallest absolute Gasteiger partial charge is 0.306 e. The molecule has 0 saturated carbocycles. The highest BCUT2D eigenvalue weighted by atomic mass is 16.6. The molecule has 0 bridgehead atoms. The van der Waals surface area contributed by atoms with Gasteiger partial charge in [0.05, 0.1) is 0 Å². The zero-order valence-electron chi connectivity index (χ0n) is 54.9. The van der Waals surface area contributed by atoms with Crippen molar-refractivity contribution in [3.8, 4) is 0 Å². The van der Waals surface area contributed by atoms with E-state index < -0.39 is 6.10 Å². The SMILES string of the molecule is CC/C=C\C/C=C\C/C=C\C/C=C\C/C=C\C/C=C\C/C=C\C/C=C\CCCCCCCCCCC(=O)OCC(COC(=O)CCCCCCCCCCCCCC)OC(=O)CCCCCCCCCCCCCCCCCCCCCC. The molecule has 6 nitrogen and oxygen atoms in total. The van der Waals surface area contributed by atoms with Crippen molar-refractivity contribution in [2.24, 2.45) is 0 Å². The van der Waals surface area contributed by atoms with Gasteiger partial charge in [-0.1, -0.05) is 349 Å². The molecule has 0 aromatic carbocycles. The Hall–Kier alpha value is -3.67. The molecule has 0 amide bonds. The highest BCUT2D eigenvalue weighted by molar-refractivity contribution is 5.71. The zero-order chi connectivity index (χ0) is 59.9. The number of allylic oxidation sites excluding steroid dienone is 16. The Morgan fingerprint density at radius 1 is 0.253 bits per heavy atom. The van der Waals surface area contributed by atoms with Crippen LogP contribution in [0.2, 0.25) is 0 Å². The lowest BCUT2D eigenvalue weighted by molar-refractivity contribution is -0.167. The molecule has 0 radical (unpaired) electrons. The Morgan fingerprint density at radius 2 is 0.470 bits per heavy atom. The van der Waals surface area contributed by atoms with Gasteiger partial charge in [-0.15, -0.1) is 0 Å². The molecule has 478 valence electrons. The van der Waals surface area contributed by atoms with Gasteiger partial charge in [-0.05, 0) is 83.5 Å². The quantitative estimate of drug-likeness (QED) is 0.0261. The summed E-state index contributed by atoms with van der Waals surface area (Å²) in [5, 5.41) is 0. The van der Waals surface area contributed by atoms with E-state index in [1.54, 1.807) is 0 Å². The minimum absolute atomic E-state index is 0.0741. The van der Waals surface area contributed by atoms with Crippen LogP contribution in [0.5, 0.6) is 0 Å². The molecule has 0 aliphatic carbocycles. The van der Waals surface area contributed by atoms with Crippen molar-refractivity contribution in [2.45, 2.75) is 361 Å². The van der Waals surface area contributed by atoms with Gasteiger partial charge in [0.15, 0.2) is 6.10 Å². The highest BCUT2D eigenvalue weighted by Gasteiger charge is 2.19. The summed E-state index contributed by atoms with van der Waals surface area (Å²) in [7, 11) is 0. The standard InChI is InChI=1S/C77H134O6/c1-4-7-10-13-16-19-22-25-27-29-31-33-34-35-36-37-38-39-40-41-42-43-44-45-47-48-50-52-55-58-61-64-67-70-76(79)82-73-74(72-81-75(78)69-66-63-60-57-54-24-21-18-15-12-9-6-3)83-77(80)71-68-65-62-59-56-53-51-49-46-32-30-28-26-23-20-17-14-11-8-5-2/h7,10,16,19,25,27,31,33,35-36,38-39,41-42,44-45,74H,4-6,8-9,11-15,17-18,20-24,26,28-30,32,34,37,40,43,46-73H2,1-3H3/b10-7-,19-16-,27-25-,33-31-,36-35-,39-38-,42-41-,45-44-. The van der Waals surface area contributed by atoms with Crippen LogP contribution in [0.15, 0.2) is 97.2 Å². The van der Waals surface area contributed by atoms with Crippen molar-refractivity contribution in [3.05, 3.63) is 97.2 Å². The first-order valence-electron chi connectivity index (χ1n) is 35.7. The van der Waals surface area contributed by atoms with E-state index in [1.165, 1.54) is 199 Å². The maximum atomic E-state index is 12.9. The summed E-state index contributed by atoms with van der Waals surface area (Å²) < 4.78 is 17.0. The lowest BCUT2D eigenvalue weighted by Crippen LogP contribution is -2.30. The van der Waals surface area contributed by atoms with Crippen LogP contribution in [-0.2, 0) is 28.6 Å². The van der Waals surface area contributed by atoms with E-state index >= 15 is 0 Å². The third kappa shape index (κ3) is 69.0. The van der Waals surface area contributed by atoms with Crippen molar-refractivity contribution >= 4 is 17.9 Å². The molecule has 0 rings (SSSR count). The van der Waals surface area contributed by atoms with Crippen LogP contribution in [0.25, 0.3) is 0 Å². The summed E-state index contributed by atoms with van der Waals surface area (Å²) in [6.07, 6.45) is 95.8. The second-order valence-corrected chi connectivity index (χ2v) is 23.8. The Morgan fingerprint density at radius 3 is 0.735 bits per heavy atom. The Labute approximate surface area is 515 Å². The van der Waals surface area contributed by atoms with Crippen LogP contribution in [0.3, 0.4) is 0 Å². The molecule has 0 aromatic heterocycles. The Balaban J connectivity index is 4.24. The molecule has 0 aliphatic rings. The number of rotatable bonds is 65. The summed E-state index contributed by atoms with van der Waals surface area (Å²) in [4.78, 5) is 38.4. The fourth-order valence-electron chi connectivity index (χ4n) is 10.3. The van der Waals surface area contributed by atoms with Crippen molar-refractivity contribution < 1.29 is 28.6 Å². The van der Waals surface area contributed by atoms with Crippen LogP contribution in [0, 0.1) is 0 Å². The highest BCUT2D eigenvalue weighted by Crippen LogP contribution is 2.18. The van der Waals surface area contributed by atoms with E-state index in [4.69, 9.17) is 14.2 Å². The maximum absolute atomic E-state index is 12.9. The van der Waals surface area contributed by atoms with Crippen molar-refractivity contribution in [3.63, 3.8) is 0 Å². The topological polar surface area (TPSA) is 78.9 Å². The van der Waals surface area contributed by atoms with Crippen molar-refractivity contribution in [1.82, 2.24) is 0 Å². The molecular weight excluding hydrogens is 1020 g/mol. The van der Waals surface area contributed by atoms with Gasteiger partial charge in [-0.25, -0.2) is 0 Å². The fourth-order valence-corrected chi connectivity index (χ4v) is 10.3. The van der Waals surface area contributed by atoms with E-state index in [9.17, 15) is 14.4 Å². The summed E-state index contributed by atoms with van der Waals surface area (Å²) in [6.45, 7) is 6.57. The van der Waals surface area contributed by atoms with Gasteiger partial charge < -0.3 is 14.2 Å². The first-order valence-corrected chi connectivity index (χ1v) is 35.7. The van der Waals surface area contributed by atoms with Gasteiger partial charge in [0.1, 0.15) is 13.2 Å². The molecule has 0 saturated heterocycles. The molecule has 0 aliphatic heterocycles. The Kier molecular flexibility index (Phi) is 67.7. The van der Waals surface area contributed by atoms with Gasteiger partial charge in [0.25, 0.3) is 0 Å². The van der Waals surface area contributed by atoms with Gasteiger partial charge >= 0.3 is 17.9 Å². The third-order valence-electron chi connectivity index (χ3n) is 15.6. The monoisotopic (exact) mass is 1160 g/mol. The van der Waals surface area contributed by atoms with E-state index in [-0.39, 0.29) is 31.1 Å². The number of ether oxygens (including phenoxy) is 3. The van der Waals surface area contributed by atoms with E-state index in [1.807, 2.05) is 0 Å². The number of unbranched alkanes of at least 4 members (excludes halogenated alkanes) is 38. The van der Waals surface area contributed by atoms with Crippen LogP contribution in [0.4, 0.5) is 0 Å². The average Bonchev–Trinajstić information content (AvgIpc) is 3.49. The maximum Gasteiger partial charge on any atom is 0.306 e. The van der Waals surface area contributed by atoms with Gasteiger partial charge in [0.2, 0.25) is 0 Å². The first-order chi connectivity index (χ1) is 41.0. The molecule has 83 heavy (non-hydrogen) atoms. The fraction of sp³-hybridized carbons (Fsp3) is 0.753. The largest absolute Gasteiger partial charge is 0.462 e. The van der Waals surface area contributed by atoms with Crippen LogP contribution in [-0.4, -0.2) is 37.2 Å². The van der Waals surface area contributed by atoms with E-state index in [2.05, 4.69) is 118 Å². The molecule has 1 atom stereocenters. The molecule has 0 N–H and O–H groups in total. The third-order valence-corrected chi connectivity index (χ3v) is 15.6. The van der Waals surface area contributed by atoms with Crippen LogP contribution < -0.4 is 0 Å². The minimum Gasteiger partial charge on any atom is -0.462 e. The molecule has 0 heterocycles. The summed E-state index contributed by atoms with van der Waals surface area (Å²) in [5.41, 5.74) is 0. The van der Waals surface area contributed by atoms with Crippen molar-refractivity contribution in [2.75, 3.05) is 13.2 Å². The van der Waals surface area contributed by atoms with E-state index in [0.717, 1.165) is 116 Å². The van der Waals surface area contributed by atoms with E-state index in [0.29, 0.717) is 19.3 Å². The summed E-state index contributed by atoms with van der Waals surface area (Å²) in [5.74, 6) is -0.863. The van der Waals surface area contributed by atoms with Crippen LogP contribution >= 0.6 is 0 Å². The molecule has 0 spiro atoms. The predicted molar refractivity (Wildman–Crippen MR) is 362 cm³/mol. The van der Waals surface area contributed by atoms with Gasteiger partial charge in [0, 0.05) is 19.3 Å². The lowest BCUT2D eigenvalue weighted by Gasteiger charge is -2.18. The number of hydrogen-bond donors (Lipinski definition) is 0. The summed E-state index contributed by atoms with van der Waals surface area (Å²) >= 11 is 0. The molecule has 0 aromatic rings. The van der Waals surface area contributed by atoms with Gasteiger partial charge in [-0.3, -0.25) is 14.4 Å². The predicted octanol–water partition coefficient (Wildman–Crippen LogP) is 24.8. The second kappa shape index (κ2) is 70.8. The number of esters is 3. The first kappa shape index (κ1) is 79.3. The second-order valence-electron chi connectivity index (χ2n) is 23.8. The molecular formula is C77H134O6. The molecule has 6 heteroatoms. The average molecular weight is 1160 g/mol. The molecule has 0 fully saturated rings. The zero-order valence-corrected chi connectivity index (χ0v) is 54.9. The minimum atomic E-state index is -0.778. The number of carbonyl (C=O) groups is 3. The van der Waals surface area contributed by atoms with Crippen LogP contribution in [0.1, 0.15) is 355 Å². The summed E-state index contributed by atoms with van der Waals surface area (Å²) in [6, 6.07) is 0. The number of hydrogen-bond acceptors (Lipinski definition) is 6.